The maximum atomic E-state index is 13.2. The Morgan fingerprint density at radius 3 is 2.89 bits per heavy atom. The molecule has 1 aliphatic rings. The molecule has 1 N–H and O–H groups in total. The summed E-state index contributed by atoms with van der Waals surface area (Å²) in [4.78, 5) is 24.2. The fourth-order valence-electron chi connectivity index (χ4n) is 2.04. The SMILES string of the molecule is CC1SC(c2cccc(F)c2)N(CCC(=O)O)C1=O. The van der Waals surface area contributed by atoms with E-state index in [0.717, 1.165) is 0 Å². The van der Waals surface area contributed by atoms with Crippen molar-refractivity contribution >= 4 is 23.6 Å². The molecular weight excluding hydrogens is 269 g/mol. The van der Waals surface area contributed by atoms with Crippen molar-refractivity contribution in [1.29, 1.82) is 0 Å². The molecule has 0 spiro atoms. The van der Waals surface area contributed by atoms with Gasteiger partial charge in [-0.25, -0.2) is 4.39 Å². The molecular formula is C13H14FNO3S. The van der Waals surface area contributed by atoms with Crippen LogP contribution in [0.25, 0.3) is 0 Å². The van der Waals surface area contributed by atoms with Crippen molar-refractivity contribution in [2.75, 3.05) is 6.54 Å². The molecule has 0 aliphatic carbocycles. The van der Waals surface area contributed by atoms with E-state index in [0.29, 0.717) is 5.56 Å². The van der Waals surface area contributed by atoms with E-state index in [1.807, 2.05) is 0 Å². The van der Waals surface area contributed by atoms with Gasteiger partial charge in [0.05, 0.1) is 11.7 Å². The molecule has 19 heavy (non-hydrogen) atoms. The highest BCUT2D eigenvalue weighted by Gasteiger charge is 2.38. The Hall–Kier alpha value is -1.56. The Morgan fingerprint density at radius 1 is 1.53 bits per heavy atom. The van der Waals surface area contributed by atoms with Gasteiger partial charge in [0.25, 0.3) is 0 Å². The van der Waals surface area contributed by atoms with Crippen LogP contribution in [0, 0.1) is 5.82 Å². The third-order valence-electron chi connectivity index (χ3n) is 2.95. The molecule has 4 nitrogen and oxygen atoms in total. The van der Waals surface area contributed by atoms with Crippen LogP contribution in [0.4, 0.5) is 4.39 Å². The third-order valence-corrected chi connectivity index (χ3v) is 4.34. The summed E-state index contributed by atoms with van der Waals surface area (Å²) in [7, 11) is 0. The van der Waals surface area contributed by atoms with Gasteiger partial charge < -0.3 is 10.0 Å². The molecule has 0 radical (unpaired) electrons. The molecule has 2 atom stereocenters. The van der Waals surface area contributed by atoms with Crippen LogP contribution in [-0.2, 0) is 9.59 Å². The van der Waals surface area contributed by atoms with E-state index >= 15 is 0 Å². The molecule has 1 aromatic rings. The lowest BCUT2D eigenvalue weighted by Crippen LogP contribution is -2.32. The number of carboxylic acid groups (broad SMARTS) is 1. The van der Waals surface area contributed by atoms with Crippen molar-refractivity contribution in [3.8, 4) is 0 Å². The zero-order valence-electron chi connectivity index (χ0n) is 10.4. The molecule has 6 heteroatoms. The van der Waals surface area contributed by atoms with E-state index in [1.54, 1.807) is 19.1 Å². The molecule has 1 amide bonds. The molecule has 1 heterocycles. The van der Waals surface area contributed by atoms with Gasteiger partial charge in [0, 0.05) is 6.54 Å². The molecule has 0 bridgehead atoms. The van der Waals surface area contributed by atoms with E-state index in [2.05, 4.69) is 0 Å². The lowest BCUT2D eigenvalue weighted by molar-refractivity contribution is -0.138. The van der Waals surface area contributed by atoms with Gasteiger partial charge in [-0.05, 0) is 24.6 Å². The number of benzene rings is 1. The summed E-state index contributed by atoms with van der Waals surface area (Å²) in [6.07, 6.45) is -0.106. The van der Waals surface area contributed by atoms with Crippen LogP contribution >= 0.6 is 11.8 Å². The Kier molecular flexibility index (Phi) is 4.09. The van der Waals surface area contributed by atoms with Gasteiger partial charge in [-0.2, -0.15) is 0 Å². The first-order valence-corrected chi connectivity index (χ1v) is 6.86. The first kappa shape index (κ1) is 13.9. The van der Waals surface area contributed by atoms with Crippen LogP contribution in [-0.4, -0.2) is 33.7 Å². The van der Waals surface area contributed by atoms with Crippen LogP contribution in [0.1, 0.15) is 24.3 Å². The van der Waals surface area contributed by atoms with Gasteiger partial charge in [-0.1, -0.05) is 12.1 Å². The highest BCUT2D eigenvalue weighted by Crippen LogP contribution is 2.42. The van der Waals surface area contributed by atoms with Crippen molar-refractivity contribution in [3.05, 3.63) is 35.6 Å². The van der Waals surface area contributed by atoms with Gasteiger partial charge >= 0.3 is 5.97 Å². The van der Waals surface area contributed by atoms with Crippen LogP contribution in [0.2, 0.25) is 0 Å². The van der Waals surface area contributed by atoms with Gasteiger partial charge in [-0.15, -0.1) is 11.8 Å². The number of hydrogen-bond donors (Lipinski definition) is 1. The summed E-state index contributed by atoms with van der Waals surface area (Å²) < 4.78 is 13.2. The Morgan fingerprint density at radius 2 is 2.26 bits per heavy atom. The van der Waals surface area contributed by atoms with Crippen LogP contribution in [0.5, 0.6) is 0 Å². The standard InChI is InChI=1S/C13H14FNO3S/c1-8-12(18)15(6-5-11(16)17)13(19-8)9-3-2-4-10(14)7-9/h2-4,7-8,13H,5-6H2,1H3,(H,16,17). The smallest absolute Gasteiger partial charge is 0.305 e. The zero-order valence-corrected chi connectivity index (χ0v) is 11.2. The van der Waals surface area contributed by atoms with Crippen molar-refractivity contribution < 1.29 is 19.1 Å². The van der Waals surface area contributed by atoms with Crippen LogP contribution < -0.4 is 0 Å². The summed E-state index contributed by atoms with van der Waals surface area (Å²) >= 11 is 1.41. The quantitative estimate of drug-likeness (QED) is 0.921. The summed E-state index contributed by atoms with van der Waals surface area (Å²) in [6.45, 7) is 1.92. The number of amides is 1. The van der Waals surface area contributed by atoms with Crippen molar-refractivity contribution in [3.63, 3.8) is 0 Å². The molecule has 2 unspecified atom stereocenters. The Labute approximate surface area is 114 Å². The van der Waals surface area contributed by atoms with Crippen molar-refractivity contribution in [2.45, 2.75) is 24.0 Å². The molecule has 0 saturated carbocycles. The minimum absolute atomic E-state index is 0.0967. The fourth-order valence-corrected chi connectivity index (χ4v) is 3.33. The number of carbonyl (C=O) groups excluding carboxylic acids is 1. The molecule has 1 fully saturated rings. The zero-order chi connectivity index (χ0) is 14.0. The average Bonchev–Trinajstić information content (AvgIpc) is 2.63. The highest BCUT2D eigenvalue weighted by atomic mass is 32.2. The molecule has 1 aliphatic heterocycles. The number of halogens is 1. The summed E-state index contributed by atoms with van der Waals surface area (Å²) in [6, 6.07) is 6.07. The number of carboxylic acids is 1. The van der Waals surface area contributed by atoms with Gasteiger partial charge in [-0.3, -0.25) is 9.59 Å². The van der Waals surface area contributed by atoms with Crippen LogP contribution in [0.3, 0.4) is 0 Å². The molecule has 1 saturated heterocycles. The lowest BCUT2D eigenvalue weighted by Gasteiger charge is -2.23. The van der Waals surface area contributed by atoms with E-state index in [4.69, 9.17) is 5.11 Å². The van der Waals surface area contributed by atoms with Crippen molar-refractivity contribution in [1.82, 2.24) is 4.90 Å². The summed E-state index contributed by atoms with van der Waals surface area (Å²) in [5.74, 6) is -1.40. The van der Waals surface area contributed by atoms with Gasteiger partial charge in [0.15, 0.2) is 0 Å². The summed E-state index contributed by atoms with van der Waals surface area (Å²) in [5.41, 5.74) is 0.688. The number of thioether (sulfide) groups is 1. The second-order valence-corrected chi connectivity index (χ2v) is 5.79. The monoisotopic (exact) mass is 283 g/mol. The number of aliphatic carboxylic acids is 1. The molecule has 102 valence electrons. The maximum absolute atomic E-state index is 13.2. The predicted molar refractivity (Wildman–Crippen MR) is 70.2 cm³/mol. The lowest BCUT2D eigenvalue weighted by atomic mass is 10.2. The number of carbonyl (C=O) groups is 2. The van der Waals surface area contributed by atoms with Gasteiger partial charge in [0.1, 0.15) is 11.2 Å². The summed E-state index contributed by atoms with van der Waals surface area (Å²) in [5, 5.41) is 8.18. The normalized spacial score (nSPS) is 22.8. The largest absolute Gasteiger partial charge is 0.481 e. The topological polar surface area (TPSA) is 57.6 Å². The second-order valence-electron chi connectivity index (χ2n) is 4.36. The number of nitrogens with zero attached hydrogens (tertiary/aromatic N) is 1. The Bertz CT molecular complexity index is 508. The van der Waals surface area contributed by atoms with E-state index in [-0.39, 0.29) is 35.3 Å². The second kappa shape index (κ2) is 5.61. The minimum Gasteiger partial charge on any atom is -0.481 e. The molecule has 2 rings (SSSR count). The fraction of sp³-hybridized carbons (Fsp3) is 0.385. The Balaban J connectivity index is 2.22. The van der Waals surface area contributed by atoms with E-state index in [1.165, 1.54) is 28.8 Å². The molecule has 0 aromatic heterocycles. The third kappa shape index (κ3) is 3.07. The maximum Gasteiger partial charge on any atom is 0.305 e. The van der Waals surface area contributed by atoms with Crippen molar-refractivity contribution in [2.24, 2.45) is 0 Å². The van der Waals surface area contributed by atoms with Crippen LogP contribution in [0.15, 0.2) is 24.3 Å². The number of hydrogen-bond acceptors (Lipinski definition) is 3. The first-order valence-electron chi connectivity index (χ1n) is 5.92. The number of rotatable bonds is 4. The molecule has 1 aromatic carbocycles. The van der Waals surface area contributed by atoms with Gasteiger partial charge in [0.2, 0.25) is 5.91 Å². The average molecular weight is 283 g/mol. The predicted octanol–water partition coefficient (Wildman–Crippen LogP) is 2.26. The van der Waals surface area contributed by atoms with E-state index in [9.17, 15) is 14.0 Å². The highest BCUT2D eigenvalue weighted by molar-refractivity contribution is 8.01. The minimum atomic E-state index is -0.949. The van der Waals surface area contributed by atoms with E-state index < -0.39 is 5.97 Å². The first-order chi connectivity index (χ1) is 8.99.